The minimum atomic E-state index is -0.00433. The predicted octanol–water partition coefficient (Wildman–Crippen LogP) is 4.41. The van der Waals surface area contributed by atoms with Gasteiger partial charge in [-0.1, -0.05) is 24.3 Å². The minimum Gasteiger partial charge on any atom is -0.374 e. The van der Waals surface area contributed by atoms with Crippen molar-refractivity contribution in [1.82, 2.24) is 10.3 Å². The third-order valence-corrected chi connectivity index (χ3v) is 6.32. The van der Waals surface area contributed by atoms with Crippen molar-refractivity contribution in [3.63, 3.8) is 0 Å². The maximum Gasteiger partial charge on any atom is 0.251 e. The SMILES string of the molecule is CN1C[C@H](CNC(=O)c2ccc(SCc3cccnc3)cc2)Cc2ccccc21. The van der Waals surface area contributed by atoms with E-state index in [-0.39, 0.29) is 5.91 Å². The summed E-state index contributed by atoms with van der Waals surface area (Å²) in [5.74, 6) is 1.29. The zero-order chi connectivity index (χ0) is 20.1. The summed E-state index contributed by atoms with van der Waals surface area (Å²) in [5, 5.41) is 3.12. The molecule has 5 heteroatoms. The van der Waals surface area contributed by atoms with Crippen LogP contribution in [0.3, 0.4) is 0 Å². The second kappa shape index (κ2) is 9.14. The molecule has 4 nitrogen and oxygen atoms in total. The number of hydrogen-bond acceptors (Lipinski definition) is 4. The van der Waals surface area contributed by atoms with Gasteiger partial charge in [-0.3, -0.25) is 9.78 Å². The fourth-order valence-electron chi connectivity index (χ4n) is 3.75. The Balaban J connectivity index is 1.29. The summed E-state index contributed by atoms with van der Waals surface area (Å²) >= 11 is 1.75. The lowest BCUT2D eigenvalue weighted by Crippen LogP contribution is -2.39. The lowest BCUT2D eigenvalue weighted by molar-refractivity contribution is 0.0947. The topological polar surface area (TPSA) is 45.2 Å². The van der Waals surface area contributed by atoms with E-state index in [1.54, 1.807) is 18.0 Å². The first-order valence-corrected chi connectivity index (χ1v) is 10.9. The fourth-order valence-corrected chi connectivity index (χ4v) is 4.58. The Hall–Kier alpha value is -2.79. The van der Waals surface area contributed by atoms with Crippen LogP contribution in [0.2, 0.25) is 0 Å². The van der Waals surface area contributed by atoms with E-state index < -0.39 is 0 Å². The van der Waals surface area contributed by atoms with Crippen LogP contribution < -0.4 is 10.2 Å². The van der Waals surface area contributed by atoms with Gasteiger partial charge in [-0.15, -0.1) is 11.8 Å². The van der Waals surface area contributed by atoms with Crippen molar-refractivity contribution in [3.05, 3.63) is 89.7 Å². The van der Waals surface area contributed by atoms with Crippen LogP contribution >= 0.6 is 11.8 Å². The van der Waals surface area contributed by atoms with E-state index in [0.29, 0.717) is 18.0 Å². The highest BCUT2D eigenvalue weighted by Crippen LogP contribution is 2.28. The number of anilines is 1. The molecule has 0 bridgehead atoms. The van der Waals surface area contributed by atoms with Gasteiger partial charge in [-0.05, 0) is 59.9 Å². The van der Waals surface area contributed by atoms with Crippen molar-refractivity contribution in [2.45, 2.75) is 17.1 Å². The molecule has 0 unspecified atom stereocenters. The van der Waals surface area contributed by atoms with Crippen LogP contribution in [-0.2, 0) is 12.2 Å². The van der Waals surface area contributed by atoms with E-state index in [9.17, 15) is 4.79 Å². The fraction of sp³-hybridized carbons (Fsp3) is 0.250. The molecular weight excluding hydrogens is 378 g/mol. The third-order valence-electron chi connectivity index (χ3n) is 5.24. The van der Waals surface area contributed by atoms with Crippen LogP contribution in [0.5, 0.6) is 0 Å². The molecule has 0 radical (unpaired) electrons. The van der Waals surface area contributed by atoms with Gasteiger partial charge in [0.25, 0.3) is 5.91 Å². The number of benzene rings is 2. The second-order valence-electron chi connectivity index (χ2n) is 7.46. The van der Waals surface area contributed by atoms with Crippen LogP contribution in [0.25, 0.3) is 0 Å². The Morgan fingerprint density at radius 1 is 1.14 bits per heavy atom. The average molecular weight is 404 g/mol. The van der Waals surface area contributed by atoms with Gasteiger partial charge >= 0.3 is 0 Å². The van der Waals surface area contributed by atoms with Gasteiger partial charge in [-0.25, -0.2) is 0 Å². The van der Waals surface area contributed by atoms with E-state index in [4.69, 9.17) is 0 Å². The van der Waals surface area contributed by atoms with E-state index in [2.05, 4.69) is 52.6 Å². The summed E-state index contributed by atoms with van der Waals surface area (Å²) in [7, 11) is 2.12. The molecule has 4 rings (SSSR count). The van der Waals surface area contributed by atoms with Crippen molar-refractivity contribution in [3.8, 4) is 0 Å². The molecule has 1 aliphatic rings. The number of fused-ring (bicyclic) bond motifs is 1. The highest BCUT2D eigenvalue weighted by molar-refractivity contribution is 7.98. The molecule has 0 fully saturated rings. The van der Waals surface area contributed by atoms with Gasteiger partial charge in [0, 0.05) is 54.4 Å². The van der Waals surface area contributed by atoms with Gasteiger partial charge in [0.2, 0.25) is 0 Å². The number of nitrogens with one attached hydrogen (secondary N) is 1. The van der Waals surface area contributed by atoms with Crippen molar-refractivity contribution in [2.24, 2.45) is 5.92 Å². The zero-order valence-corrected chi connectivity index (χ0v) is 17.4. The zero-order valence-electron chi connectivity index (χ0n) is 16.5. The summed E-state index contributed by atoms with van der Waals surface area (Å²) in [6.45, 7) is 1.65. The van der Waals surface area contributed by atoms with Crippen molar-refractivity contribution in [1.29, 1.82) is 0 Å². The lowest BCUT2D eigenvalue weighted by atomic mass is 9.92. The number of para-hydroxylation sites is 1. The Labute approximate surface area is 176 Å². The number of carbonyl (C=O) groups is 1. The molecule has 0 aliphatic carbocycles. The molecule has 1 aromatic heterocycles. The van der Waals surface area contributed by atoms with Crippen LogP contribution in [0, 0.1) is 5.92 Å². The second-order valence-corrected chi connectivity index (χ2v) is 8.51. The maximum absolute atomic E-state index is 12.6. The molecule has 29 heavy (non-hydrogen) atoms. The molecule has 3 aromatic rings. The normalized spacial score (nSPS) is 15.6. The molecule has 2 aromatic carbocycles. The molecule has 1 amide bonds. The van der Waals surface area contributed by atoms with E-state index >= 15 is 0 Å². The number of thioether (sulfide) groups is 1. The van der Waals surface area contributed by atoms with Crippen molar-refractivity contribution < 1.29 is 4.79 Å². The number of nitrogens with zero attached hydrogens (tertiary/aromatic N) is 2. The summed E-state index contributed by atoms with van der Waals surface area (Å²) in [5.41, 5.74) is 4.56. The Kier molecular flexibility index (Phi) is 6.15. The van der Waals surface area contributed by atoms with E-state index in [0.717, 1.165) is 23.6 Å². The Bertz CT molecular complexity index is 959. The van der Waals surface area contributed by atoms with Crippen LogP contribution in [0.1, 0.15) is 21.5 Å². The quantitative estimate of drug-likeness (QED) is 0.619. The standard InChI is InChI=1S/C24H25N3OS/c1-27-16-19(13-21-6-2-3-7-23(21)27)15-26-24(28)20-8-10-22(11-9-20)29-17-18-5-4-12-25-14-18/h2-12,14,19H,13,15-17H2,1H3,(H,26,28)/t19-/m0/s1. The minimum absolute atomic E-state index is 0.00433. The first-order valence-electron chi connectivity index (χ1n) is 9.88. The summed E-state index contributed by atoms with van der Waals surface area (Å²) in [6, 6.07) is 20.4. The van der Waals surface area contributed by atoms with Gasteiger partial charge in [0.05, 0.1) is 0 Å². The molecule has 0 saturated heterocycles. The third kappa shape index (κ3) is 4.98. The highest BCUT2D eigenvalue weighted by atomic mass is 32.2. The average Bonchev–Trinajstić information content (AvgIpc) is 2.77. The largest absolute Gasteiger partial charge is 0.374 e. The first kappa shape index (κ1) is 19.5. The van der Waals surface area contributed by atoms with Crippen LogP contribution in [0.15, 0.2) is 78.0 Å². The lowest BCUT2D eigenvalue weighted by Gasteiger charge is -2.33. The number of rotatable bonds is 6. The molecule has 2 heterocycles. The molecule has 1 atom stereocenters. The number of carbonyl (C=O) groups excluding carboxylic acids is 1. The summed E-state index contributed by atoms with van der Waals surface area (Å²) in [4.78, 5) is 20.1. The van der Waals surface area contributed by atoms with E-state index in [1.165, 1.54) is 16.8 Å². The maximum atomic E-state index is 12.6. The molecule has 148 valence electrons. The van der Waals surface area contributed by atoms with Gasteiger partial charge in [-0.2, -0.15) is 0 Å². The molecular formula is C24H25N3OS. The van der Waals surface area contributed by atoms with Crippen molar-refractivity contribution in [2.75, 3.05) is 25.0 Å². The van der Waals surface area contributed by atoms with Crippen LogP contribution in [-0.4, -0.2) is 31.0 Å². The molecule has 1 aliphatic heterocycles. The highest BCUT2D eigenvalue weighted by Gasteiger charge is 2.22. The number of aromatic nitrogens is 1. The Morgan fingerprint density at radius 3 is 2.76 bits per heavy atom. The predicted molar refractivity (Wildman–Crippen MR) is 119 cm³/mol. The Morgan fingerprint density at radius 2 is 1.97 bits per heavy atom. The van der Waals surface area contributed by atoms with Crippen LogP contribution in [0.4, 0.5) is 5.69 Å². The van der Waals surface area contributed by atoms with Gasteiger partial charge in [0.1, 0.15) is 0 Å². The number of hydrogen-bond donors (Lipinski definition) is 1. The molecule has 0 saturated carbocycles. The molecule has 1 N–H and O–H groups in total. The number of pyridine rings is 1. The van der Waals surface area contributed by atoms with Gasteiger partial charge in [0.15, 0.2) is 0 Å². The smallest absolute Gasteiger partial charge is 0.251 e. The monoisotopic (exact) mass is 403 g/mol. The van der Waals surface area contributed by atoms with E-state index in [1.807, 2.05) is 36.5 Å². The summed E-state index contributed by atoms with van der Waals surface area (Å²) in [6.07, 6.45) is 4.67. The molecule has 0 spiro atoms. The van der Waals surface area contributed by atoms with Gasteiger partial charge < -0.3 is 10.2 Å². The van der Waals surface area contributed by atoms with Crippen molar-refractivity contribution >= 4 is 23.4 Å². The summed E-state index contributed by atoms with van der Waals surface area (Å²) < 4.78 is 0. The first-order chi connectivity index (χ1) is 14.2. The number of amides is 1.